The van der Waals surface area contributed by atoms with E-state index in [9.17, 15) is 14.7 Å². The van der Waals surface area contributed by atoms with Gasteiger partial charge in [0.15, 0.2) is 0 Å². The van der Waals surface area contributed by atoms with Crippen molar-refractivity contribution in [2.75, 3.05) is 19.8 Å². The Balaban J connectivity index is 1.85. The molecule has 3 aliphatic heterocycles. The van der Waals surface area contributed by atoms with Crippen LogP contribution in [0, 0.1) is 17.3 Å². The first-order valence-electron chi connectivity index (χ1n) is 15.0. The number of hydrogen-bond acceptors (Lipinski definition) is 6. The van der Waals surface area contributed by atoms with Crippen LogP contribution in [-0.2, 0) is 25.5 Å². The van der Waals surface area contributed by atoms with Gasteiger partial charge in [-0.15, -0.1) is 18.3 Å². The highest BCUT2D eigenvalue weighted by molar-refractivity contribution is 8.02. The van der Waals surface area contributed by atoms with Crippen LogP contribution in [-0.4, -0.2) is 79.6 Å². The van der Waals surface area contributed by atoms with E-state index in [4.69, 9.17) is 4.74 Å². The maximum absolute atomic E-state index is 15.0. The van der Waals surface area contributed by atoms with Crippen LogP contribution in [0.25, 0.3) is 0 Å². The van der Waals surface area contributed by atoms with Crippen LogP contribution in [0.5, 0.6) is 0 Å². The van der Waals surface area contributed by atoms with Crippen molar-refractivity contribution >= 4 is 29.5 Å². The lowest BCUT2D eigenvalue weighted by molar-refractivity contribution is -0.155. The third-order valence-corrected chi connectivity index (χ3v) is 11.2. The van der Waals surface area contributed by atoms with Crippen molar-refractivity contribution in [1.29, 1.82) is 0 Å². The van der Waals surface area contributed by atoms with Gasteiger partial charge in [0.05, 0.1) is 29.2 Å². The number of nitrogens with zero attached hydrogens (tertiary/aromatic N) is 2. The van der Waals surface area contributed by atoms with E-state index in [-0.39, 0.29) is 30.4 Å². The minimum atomic E-state index is -0.834. The minimum Gasteiger partial charge on any atom is -0.461 e. The zero-order chi connectivity index (χ0) is 31.1. The van der Waals surface area contributed by atoms with E-state index in [0.29, 0.717) is 25.8 Å². The van der Waals surface area contributed by atoms with Crippen molar-refractivity contribution in [2.45, 2.75) is 94.3 Å². The quantitative estimate of drug-likeness (QED) is 0.269. The number of thioether (sulfide) groups is 1. The van der Waals surface area contributed by atoms with Crippen LogP contribution in [0.4, 0.5) is 0 Å². The number of benzene rings is 1. The van der Waals surface area contributed by atoms with Crippen molar-refractivity contribution in [1.82, 2.24) is 9.80 Å². The van der Waals surface area contributed by atoms with Gasteiger partial charge >= 0.3 is 5.97 Å². The smallest absolute Gasteiger partial charge is 0.311 e. The van der Waals surface area contributed by atoms with Crippen LogP contribution in [0.3, 0.4) is 0 Å². The normalized spacial score (nSPS) is 29.3. The summed E-state index contributed by atoms with van der Waals surface area (Å²) in [5.41, 5.74) is 0.380. The number of rotatable bonds is 12. The predicted octanol–water partition coefficient (Wildman–Crippen LogP) is 5.03. The van der Waals surface area contributed by atoms with Crippen LogP contribution >= 0.6 is 11.8 Å². The van der Waals surface area contributed by atoms with E-state index in [1.165, 1.54) is 6.08 Å². The van der Waals surface area contributed by atoms with Crippen molar-refractivity contribution in [3.63, 3.8) is 0 Å². The topological polar surface area (TPSA) is 87.1 Å². The SMILES string of the molecule is C=CCOC(=O)[C@@H]1[C@H]2C(=O)N([C@@H](CO)Cc3ccccc3)C(C(=O)N(CC=C)C(C)(C)CC(C)(C)C)C23CC[C@@]1(C)S3. The molecule has 1 spiro atoms. The van der Waals surface area contributed by atoms with Crippen molar-refractivity contribution in [3.05, 3.63) is 61.2 Å². The number of likely N-dealkylation sites (tertiary alicyclic amines) is 1. The first-order valence-corrected chi connectivity index (χ1v) is 15.8. The van der Waals surface area contributed by atoms with E-state index in [1.54, 1.807) is 22.7 Å². The fourth-order valence-electron chi connectivity index (χ4n) is 8.07. The highest BCUT2D eigenvalue weighted by atomic mass is 32.2. The second-order valence-corrected chi connectivity index (χ2v) is 16.1. The molecular formula is C34H48N2O5S. The fraction of sp³-hybridized carbons (Fsp3) is 0.618. The Morgan fingerprint density at radius 2 is 1.83 bits per heavy atom. The molecule has 3 fully saturated rings. The Kier molecular flexibility index (Phi) is 9.11. The van der Waals surface area contributed by atoms with E-state index >= 15 is 4.79 Å². The Bertz CT molecular complexity index is 1210. The van der Waals surface area contributed by atoms with E-state index in [0.717, 1.165) is 12.0 Å². The summed E-state index contributed by atoms with van der Waals surface area (Å²) in [5, 5.41) is 10.7. The van der Waals surface area contributed by atoms with Gasteiger partial charge in [0.2, 0.25) is 11.8 Å². The summed E-state index contributed by atoms with van der Waals surface area (Å²) < 4.78 is 4.23. The van der Waals surface area contributed by atoms with Crippen LogP contribution in [0.15, 0.2) is 55.6 Å². The third kappa shape index (κ3) is 5.69. The maximum Gasteiger partial charge on any atom is 0.311 e. The molecule has 1 aromatic carbocycles. The number of ether oxygens (including phenoxy) is 1. The Labute approximate surface area is 255 Å². The van der Waals surface area contributed by atoms with Gasteiger partial charge in [-0.1, -0.05) is 69.8 Å². The predicted molar refractivity (Wildman–Crippen MR) is 168 cm³/mol. The van der Waals surface area contributed by atoms with Gasteiger partial charge in [-0.05, 0) is 57.4 Å². The lowest BCUT2D eigenvalue weighted by Crippen LogP contribution is -2.61. The second kappa shape index (κ2) is 11.8. The molecule has 1 N–H and O–H groups in total. The number of fused-ring (bicyclic) bond motifs is 1. The van der Waals surface area contributed by atoms with Gasteiger partial charge in [0, 0.05) is 16.8 Å². The molecule has 6 atom stereocenters. The number of aliphatic hydroxyl groups is 1. The van der Waals surface area contributed by atoms with E-state index < -0.39 is 44.9 Å². The first kappa shape index (κ1) is 32.3. The van der Waals surface area contributed by atoms with E-state index in [1.807, 2.05) is 42.2 Å². The zero-order valence-corrected chi connectivity index (χ0v) is 26.9. The molecule has 2 unspecified atom stereocenters. The largest absolute Gasteiger partial charge is 0.461 e. The van der Waals surface area contributed by atoms with Crippen molar-refractivity contribution in [2.24, 2.45) is 17.3 Å². The van der Waals surface area contributed by atoms with Gasteiger partial charge in [-0.3, -0.25) is 14.4 Å². The summed E-state index contributed by atoms with van der Waals surface area (Å²) >= 11 is 1.62. The first-order chi connectivity index (χ1) is 19.7. The summed E-state index contributed by atoms with van der Waals surface area (Å²) in [6.07, 6.45) is 5.73. The highest BCUT2D eigenvalue weighted by Gasteiger charge is 2.78. The summed E-state index contributed by atoms with van der Waals surface area (Å²) in [7, 11) is 0. The lowest BCUT2D eigenvalue weighted by atomic mass is 9.66. The molecule has 0 radical (unpaired) electrons. The van der Waals surface area contributed by atoms with Gasteiger partial charge in [0.1, 0.15) is 12.6 Å². The molecule has 1 aromatic rings. The lowest BCUT2D eigenvalue weighted by Gasteiger charge is -2.46. The number of aliphatic hydroxyl groups excluding tert-OH is 1. The Morgan fingerprint density at radius 3 is 2.40 bits per heavy atom. The molecule has 4 rings (SSSR count). The molecule has 0 aliphatic carbocycles. The van der Waals surface area contributed by atoms with Crippen LogP contribution in [0.1, 0.15) is 66.4 Å². The zero-order valence-electron chi connectivity index (χ0n) is 26.1. The molecule has 0 aromatic heterocycles. The molecule has 7 nitrogen and oxygen atoms in total. The summed E-state index contributed by atoms with van der Waals surface area (Å²) in [6, 6.07) is 8.25. The summed E-state index contributed by atoms with van der Waals surface area (Å²) in [5.74, 6) is -2.21. The molecule has 0 saturated carbocycles. The van der Waals surface area contributed by atoms with Gasteiger partial charge in [-0.2, -0.15) is 0 Å². The number of esters is 1. The Hall–Kier alpha value is -2.58. The van der Waals surface area contributed by atoms with E-state index in [2.05, 4.69) is 47.8 Å². The van der Waals surface area contributed by atoms with Gasteiger partial charge in [-0.25, -0.2) is 0 Å². The molecule has 3 heterocycles. The molecular weight excluding hydrogens is 548 g/mol. The Morgan fingerprint density at radius 1 is 1.17 bits per heavy atom. The molecule has 2 bridgehead atoms. The highest BCUT2D eigenvalue weighted by Crippen LogP contribution is 2.72. The molecule has 230 valence electrons. The molecule has 3 saturated heterocycles. The molecule has 8 heteroatoms. The van der Waals surface area contributed by atoms with Gasteiger partial charge in [0.25, 0.3) is 0 Å². The number of hydrogen-bond donors (Lipinski definition) is 1. The van der Waals surface area contributed by atoms with Crippen LogP contribution in [0.2, 0.25) is 0 Å². The molecule has 3 aliphatic rings. The van der Waals surface area contributed by atoms with Gasteiger partial charge < -0.3 is 19.6 Å². The van der Waals surface area contributed by atoms with Crippen LogP contribution < -0.4 is 0 Å². The second-order valence-electron chi connectivity index (χ2n) is 14.2. The number of amides is 2. The monoisotopic (exact) mass is 596 g/mol. The number of carbonyl (C=O) groups excluding carboxylic acids is 3. The minimum absolute atomic E-state index is 0.0514. The molecule has 42 heavy (non-hydrogen) atoms. The molecule has 2 amide bonds. The average Bonchev–Trinajstić information content (AvgIpc) is 3.48. The van der Waals surface area contributed by atoms with Crippen molar-refractivity contribution < 1.29 is 24.2 Å². The number of carbonyl (C=O) groups is 3. The van der Waals surface area contributed by atoms with Crippen molar-refractivity contribution in [3.8, 4) is 0 Å². The average molecular weight is 597 g/mol. The summed E-state index contributed by atoms with van der Waals surface area (Å²) in [6.45, 7) is 20.4. The maximum atomic E-state index is 15.0. The standard InChI is InChI=1S/C34H48N2O5S/c1-9-18-35(32(6,7)22-31(3,4)5)29(39)27-34-17-16-33(8,42-34)26(30(40)41-19-10-2)25(34)28(38)36(27)24(21-37)20-23-14-12-11-13-15-23/h9-15,24-27,37H,1-2,16-22H2,3-8H3/t24-,25+,26+,27?,33-,34?/m1/s1. The fourth-order valence-corrected chi connectivity index (χ4v) is 10.4. The summed E-state index contributed by atoms with van der Waals surface area (Å²) in [4.78, 5) is 46.7. The third-order valence-electron chi connectivity index (χ3n) is 9.24.